The molecule has 0 saturated carbocycles. The van der Waals surface area contributed by atoms with Gasteiger partial charge in [-0.1, -0.05) is 6.92 Å². The lowest BCUT2D eigenvalue weighted by Crippen LogP contribution is -2.46. The number of rotatable bonds is 2. The van der Waals surface area contributed by atoms with E-state index >= 15 is 0 Å². The summed E-state index contributed by atoms with van der Waals surface area (Å²) in [5, 5.41) is 8.76. The van der Waals surface area contributed by atoms with E-state index in [1.165, 1.54) is 0 Å². The molecule has 0 bridgehead atoms. The van der Waals surface area contributed by atoms with Crippen LogP contribution in [0, 0.1) is 17.2 Å². The lowest BCUT2D eigenvalue weighted by molar-refractivity contribution is -0.140. The van der Waals surface area contributed by atoms with Gasteiger partial charge in [-0.2, -0.15) is 5.26 Å². The maximum absolute atomic E-state index is 11.8. The number of ether oxygens (including phenoxy) is 1. The van der Waals surface area contributed by atoms with Crippen LogP contribution in [0.5, 0.6) is 0 Å². The van der Waals surface area contributed by atoms with E-state index in [2.05, 4.69) is 0 Å². The summed E-state index contributed by atoms with van der Waals surface area (Å²) in [6, 6.07) is 2.03. The first-order chi connectivity index (χ1) is 6.69. The molecule has 1 aliphatic heterocycles. The van der Waals surface area contributed by atoms with Crippen molar-refractivity contribution in [3.05, 3.63) is 0 Å². The number of nitrogens with zero attached hydrogens (tertiary/aromatic N) is 2. The van der Waals surface area contributed by atoms with Crippen LogP contribution in [0.1, 0.15) is 20.3 Å². The Morgan fingerprint density at radius 2 is 2.50 bits per heavy atom. The van der Waals surface area contributed by atoms with Crippen LogP contribution >= 0.6 is 0 Å². The van der Waals surface area contributed by atoms with Crippen LogP contribution in [-0.2, 0) is 9.53 Å². The fraction of sp³-hybridized carbons (Fsp3) is 0.800. The molecule has 1 fully saturated rings. The maximum atomic E-state index is 11.8. The topological polar surface area (TPSA) is 53.3 Å². The largest absolute Gasteiger partial charge is 0.375 e. The lowest BCUT2D eigenvalue weighted by atomic mass is 10.1. The Labute approximate surface area is 84.4 Å². The summed E-state index contributed by atoms with van der Waals surface area (Å²) in [5.74, 6) is -0.537. The third-order valence-corrected chi connectivity index (χ3v) is 2.41. The zero-order chi connectivity index (χ0) is 10.6. The van der Waals surface area contributed by atoms with Crippen molar-refractivity contribution in [2.45, 2.75) is 26.4 Å². The summed E-state index contributed by atoms with van der Waals surface area (Å²) < 4.78 is 5.33. The second-order valence-corrected chi connectivity index (χ2v) is 3.56. The first-order valence-electron chi connectivity index (χ1n) is 4.99. The van der Waals surface area contributed by atoms with Crippen molar-refractivity contribution in [2.24, 2.45) is 5.92 Å². The van der Waals surface area contributed by atoms with Crippen LogP contribution in [0.25, 0.3) is 0 Å². The van der Waals surface area contributed by atoms with Gasteiger partial charge in [0.2, 0.25) is 5.91 Å². The average molecular weight is 196 g/mol. The number of nitriles is 1. The molecule has 1 amide bonds. The monoisotopic (exact) mass is 196 g/mol. The SMILES string of the molecule is CCC(C#N)C(=O)N1CCOC(C)C1. The molecule has 1 rings (SSSR count). The lowest BCUT2D eigenvalue weighted by Gasteiger charge is -2.32. The minimum absolute atomic E-state index is 0.0508. The van der Waals surface area contributed by atoms with Gasteiger partial charge in [-0.15, -0.1) is 0 Å². The predicted octanol–water partition coefficient (Wildman–Crippen LogP) is 0.783. The maximum Gasteiger partial charge on any atom is 0.240 e. The smallest absolute Gasteiger partial charge is 0.240 e. The Kier molecular flexibility index (Phi) is 3.90. The minimum Gasteiger partial charge on any atom is -0.375 e. The van der Waals surface area contributed by atoms with Crippen LogP contribution in [0.2, 0.25) is 0 Å². The number of carbonyl (C=O) groups is 1. The molecule has 78 valence electrons. The van der Waals surface area contributed by atoms with Crippen molar-refractivity contribution in [1.29, 1.82) is 5.26 Å². The van der Waals surface area contributed by atoms with Crippen LogP contribution in [-0.4, -0.2) is 36.6 Å². The van der Waals surface area contributed by atoms with E-state index in [0.29, 0.717) is 26.1 Å². The van der Waals surface area contributed by atoms with E-state index in [0.717, 1.165) is 0 Å². The van der Waals surface area contributed by atoms with Gasteiger partial charge >= 0.3 is 0 Å². The van der Waals surface area contributed by atoms with Crippen LogP contribution in [0.15, 0.2) is 0 Å². The average Bonchev–Trinajstić information content (AvgIpc) is 2.19. The molecule has 1 aliphatic rings. The number of carbonyl (C=O) groups excluding carboxylic acids is 1. The Morgan fingerprint density at radius 3 is 3.00 bits per heavy atom. The Balaban J connectivity index is 2.55. The molecule has 1 saturated heterocycles. The second kappa shape index (κ2) is 4.97. The molecule has 0 aromatic heterocycles. The number of hydrogen-bond acceptors (Lipinski definition) is 3. The first kappa shape index (κ1) is 11.0. The molecule has 0 aromatic carbocycles. The van der Waals surface area contributed by atoms with Gasteiger partial charge in [-0.3, -0.25) is 4.79 Å². The van der Waals surface area contributed by atoms with E-state index in [1.807, 2.05) is 19.9 Å². The van der Waals surface area contributed by atoms with Crippen molar-refractivity contribution in [3.63, 3.8) is 0 Å². The molecule has 0 spiro atoms. The molecule has 0 radical (unpaired) electrons. The van der Waals surface area contributed by atoms with E-state index in [9.17, 15) is 4.79 Å². The Morgan fingerprint density at radius 1 is 1.79 bits per heavy atom. The molecular weight excluding hydrogens is 180 g/mol. The summed E-state index contributed by atoms with van der Waals surface area (Å²) in [7, 11) is 0. The number of amides is 1. The van der Waals surface area contributed by atoms with Gasteiger partial charge in [-0.05, 0) is 13.3 Å². The third-order valence-electron chi connectivity index (χ3n) is 2.41. The van der Waals surface area contributed by atoms with Crippen LogP contribution in [0.3, 0.4) is 0 Å². The highest BCUT2D eigenvalue weighted by molar-refractivity contribution is 5.81. The first-order valence-corrected chi connectivity index (χ1v) is 4.99. The summed E-state index contributed by atoms with van der Waals surface area (Å²) in [5.41, 5.74) is 0. The van der Waals surface area contributed by atoms with E-state index in [-0.39, 0.29) is 12.0 Å². The molecule has 1 heterocycles. The Bertz CT molecular complexity index is 247. The van der Waals surface area contributed by atoms with Gasteiger partial charge in [-0.25, -0.2) is 0 Å². The summed E-state index contributed by atoms with van der Waals surface area (Å²) in [6.07, 6.45) is 0.671. The van der Waals surface area contributed by atoms with Gasteiger partial charge in [0.05, 0.1) is 18.8 Å². The third kappa shape index (κ3) is 2.46. The van der Waals surface area contributed by atoms with Crippen molar-refractivity contribution in [2.75, 3.05) is 19.7 Å². The molecule has 0 aliphatic carbocycles. The zero-order valence-corrected chi connectivity index (χ0v) is 8.69. The van der Waals surface area contributed by atoms with Crippen molar-refractivity contribution in [1.82, 2.24) is 4.90 Å². The van der Waals surface area contributed by atoms with E-state index in [1.54, 1.807) is 4.90 Å². The Hall–Kier alpha value is -1.08. The highest BCUT2D eigenvalue weighted by Crippen LogP contribution is 2.11. The fourth-order valence-electron chi connectivity index (χ4n) is 1.56. The minimum atomic E-state index is -0.486. The van der Waals surface area contributed by atoms with Crippen LogP contribution in [0.4, 0.5) is 0 Å². The summed E-state index contributed by atoms with van der Waals surface area (Å²) >= 11 is 0. The fourth-order valence-corrected chi connectivity index (χ4v) is 1.56. The van der Waals surface area contributed by atoms with Gasteiger partial charge < -0.3 is 9.64 Å². The van der Waals surface area contributed by atoms with Gasteiger partial charge in [0, 0.05) is 13.1 Å². The zero-order valence-electron chi connectivity index (χ0n) is 8.69. The summed E-state index contributed by atoms with van der Waals surface area (Å²) in [6.45, 7) is 5.59. The quantitative estimate of drug-likeness (QED) is 0.656. The highest BCUT2D eigenvalue weighted by atomic mass is 16.5. The predicted molar refractivity (Wildman–Crippen MR) is 51.4 cm³/mol. The van der Waals surface area contributed by atoms with Gasteiger partial charge in [0.25, 0.3) is 0 Å². The number of morpholine rings is 1. The normalized spacial score (nSPS) is 24.1. The second-order valence-electron chi connectivity index (χ2n) is 3.56. The van der Waals surface area contributed by atoms with Gasteiger partial charge in [0.15, 0.2) is 0 Å². The molecule has 2 atom stereocenters. The molecular formula is C10H16N2O2. The van der Waals surface area contributed by atoms with Crippen molar-refractivity contribution < 1.29 is 9.53 Å². The standard InChI is InChI=1S/C10H16N2O2/c1-3-9(6-11)10(13)12-4-5-14-8(2)7-12/h8-9H,3-5,7H2,1-2H3. The van der Waals surface area contributed by atoms with Gasteiger partial charge in [0.1, 0.15) is 5.92 Å². The molecule has 4 heteroatoms. The van der Waals surface area contributed by atoms with Crippen molar-refractivity contribution in [3.8, 4) is 6.07 Å². The molecule has 2 unspecified atom stereocenters. The van der Waals surface area contributed by atoms with E-state index < -0.39 is 5.92 Å². The highest BCUT2D eigenvalue weighted by Gasteiger charge is 2.26. The molecule has 0 N–H and O–H groups in total. The van der Waals surface area contributed by atoms with Crippen LogP contribution < -0.4 is 0 Å². The molecule has 14 heavy (non-hydrogen) atoms. The van der Waals surface area contributed by atoms with Crippen molar-refractivity contribution >= 4 is 5.91 Å². The van der Waals surface area contributed by atoms with E-state index in [4.69, 9.17) is 10.00 Å². The summed E-state index contributed by atoms with van der Waals surface area (Å²) in [4.78, 5) is 13.5. The molecule has 0 aromatic rings. The number of hydrogen-bond donors (Lipinski definition) is 0. The molecule has 4 nitrogen and oxygen atoms in total.